The molecule has 15 heteroatoms. The molecule has 15 nitrogen and oxygen atoms in total. The number of aryl methyl sites for hydroxylation is 1. The number of fused-ring (bicyclic) bond motifs is 1. The van der Waals surface area contributed by atoms with E-state index in [0.717, 1.165) is 30.4 Å². The van der Waals surface area contributed by atoms with Gasteiger partial charge in [-0.2, -0.15) is 0 Å². The molecule has 0 unspecified atom stereocenters. The maximum absolute atomic E-state index is 14.0. The Labute approximate surface area is 326 Å². The first-order valence-corrected chi connectivity index (χ1v) is 19.4. The van der Waals surface area contributed by atoms with Crippen LogP contribution in [0.1, 0.15) is 73.5 Å². The summed E-state index contributed by atoms with van der Waals surface area (Å²) in [5, 5.41) is 6.42. The van der Waals surface area contributed by atoms with Crippen LogP contribution in [0.15, 0.2) is 54.6 Å². The van der Waals surface area contributed by atoms with Crippen LogP contribution in [-0.4, -0.2) is 119 Å². The predicted molar refractivity (Wildman–Crippen MR) is 204 cm³/mol. The minimum atomic E-state index is -1.12. The largest absolute Gasteiger partial charge is 0.483 e. The molecule has 2 atom stereocenters. The van der Waals surface area contributed by atoms with Crippen LogP contribution >= 0.6 is 0 Å². The first-order valence-electron chi connectivity index (χ1n) is 19.4. The number of benzene rings is 2. The molecule has 56 heavy (non-hydrogen) atoms. The van der Waals surface area contributed by atoms with Crippen molar-refractivity contribution in [3.63, 3.8) is 0 Å². The van der Waals surface area contributed by atoms with Gasteiger partial charge in [-0.1, -0.05) is 36.4 Å². The van der Waals surface area contributed by atoms with E-state index in [-0.39, 0.29) is 88.1 Å². The molecule has 0 spiro atoms. The lowest BCUT2D eigenvalue weighted by Gasteiger charge is -2.36. The molecule has 2 N–H and O–H groups in total. The zero-order valence-electron chi connectivity index (χ0n) is 32.0. The predicted octanol–water partition coefficient (Wildman–Crippen LogP) is 3.50. The lowest BCUT2D eigenvalue weighted by atomic mass is 9.93. The Morgan fingerprint density at radius 1 is 0.875 bits per heavy atom. The molecule has 298 valence electrons. The number of carbonyl (C=O) groups excluding carboxylic acids is 6. The number of amides is 5. The number of nitrogens with one attached hydrogen (secondary N) is 2. The molecule has 1 saturated carbocycles. The number of aromatic nitrogens is 1. The molecule has 3 heterocycles. The SMILES string of the molecule is CCOC(=O)N1CCN(C(=O)[C@H](CCC(=O)OCc2ccccc2)NC(=O)c2cc(OCC(=O)N3CCC[C@H]3C(=O)NC3CCC3)c3ccc(C)cc3n2)CC1. The van der Waals surface area contributed by atoms with Crippen LogP contribution in [0, 0.1) is 6.92 Å². The summed E-state index contributed by atoms with van der Waals surface area (Å²) >= 11 is 0. The second kappa shape index (κ2) is 18.7. The number of hydrogen-bond donors (Lipinski definition) is 2. The Morgan fingerprint density at radius 3 is 2.34 bits per heavy atom. The zero-order valence-corrected chi connectivity index (χ0v) is 32.0. The summed E-state index contributed by atoms with van der Waals surface area (Å²) in [5.74, 6) is -1.87. The molecule has 3 aliphatic rings. The van der Waals surface area contributed by atoms with Crippen molar-refractivity contribution in [2.24, 2.45) is 0 Å². The minimum Gasteiger partial charge on any atom is -0.483 e. The molecule has 1 aromatic heterocycles. The minimum absolute atomic E-state index is 0.0494. The average Bonchev–Trinajstić information content (AvgIpc) is 3.69. The average molecular weight is 771 g/mol. The van der Waals surface area contributed by atoms with Crippen molar-refractivity contribution in [2.45, 2.75) is 83.5 Å². The van der Waals surface area contributed by atoms with E-state index in [1.807, 2.05) is 43.3 Å². The number of piperazine rings is 1. The van der Waals surface area contributed by atoms with Gasteiger partial charge in [-0.25, -0.2) is 9.78 Å². The van der Waals surface area contributed by atoms with Gasteiger partial charge in [0.15, 0.2) is 6.61 Å². The van der Waals surface area contributed by atoms with E-state index in [2.05, 4.69) is 15.6 Å². The van der Waals surface area contributed by atoms with Crippen LogP contribution in [0.5, 0.6) is 5.75 Å². The highest BCUT2D eigenvalue weighted by Crippen LogP contribution is 2.28. The second-order valence-corrected chi connectivity index (χ2v) is 14.4. The molecule has 0 radical (unpaired) electrons. The van der Waals surface area contributed by atoms with Gasteiger partial charge < -0.3 is 39.5 Å². The highest BCUT2D eigenvalue weighted by Gasteiger charge is 2.36. The number of likely N-dealkylation sites (tertiary alicyclic amines) is 1. The molecule has 2 aliphatic heterocycles. The molecule has 0 bridgehead atoms. The second-order valence-electron chi connectivity index (χ2n) is 14.4. The van der Waals surface area contributed by atoms with Gasteiger partial charge in [-0.05, 0) is 75.6 Å². The van der Waals surface area contributed by atoms with Crippen LogP contribution < -0.4 is 15.4 Å². The van der Waals surface area contributed by atoms with Gasteiger partial charge in [-0.3, -0.25) is 24.0 Å². The van der Waals surface area contributed by atoms with Crippen molar-refractivity contribution < 1.29 is 43.0 Å². The van der Waals surface area contributed by atoms with Crippen LogP contribution in [-0.2, 0) is 35.3 Å². The Balaban J connectivity index is 1.16. The van der Waals surface area contributed by atoms with Crippen molar-refractivity contribution in [2.75, 3.05) is 45.9 Å². The van der Waals surface area contributed by atoms with Crippen molar-refractivity contribution in [3.05, 3.63) is 71.4 Å². The summed E-state index contributed by atoms with van der Waals surface area (Å²) in [6.07, 6.45) is 3.61. The molecule has 3 fully saturated rings. The summed E-state index contributed by atoms with van der Waals surface area (Å²) in [5.41, 5.74) is 2.09. The van der Waals surface area contributed by atoms with Gasteiger partial charge in [0.2, 0.25) is 11.8 Å². The first-order chi connectivity index (χ1) is 27.1. The zero-order chi connectivity index (χ0) is 39.6. The lowest BCUT2D eigenvalue weighted by molar-refractivity contribution is -0.145. The van der Waals surface area contributed by atoms with E-state index >= 15 is 0 Å². The third kappa shape index (κ3) is 10.1. The number of nitrogens with zero attached hydrogens (tertiary/aromatic N) is 4. The highest BCUT2D eigenvalue weighted by molar-refractivity contribution is 5.99. The lowest BCUT2D eigenvalue weighted by Crippen LogP contribution is -2.56. The van der Waals surface area contributed by atoms with Gasteiger partial charge in [0.25, 0.3) is 11.8 Å². The molecule has 1 aliphatic carbocycles. The van der Waals surface area contributed by atoms with Crippen LogP contribution in [0.4, 0.5) is 4.79 Å². The molecule has 2 aromatic carbocycles. The quantitative estimate of drug-likeness (QED) is 0.231. The van der Waals surface area contributed by atoms with Crippen molar-refractivity contribution >= 4 is 46.6 Å². The van der Waals surface area contributed by atoms with E-state index in [1.165, 1.54) is 11.0 Å². The maximum atomic E-state index is 14.0. The van der Waals surface area contributed by atoms with E-state index in [0.29, 0.717) is 30.3 Å². The first kappa shape index (κ1) is 39.9. The highest BCUT2D eigenvalue weighted by atomic mass is 16.6. The molecule has 2 saturated heterocycles. The van der Waals surface area contributed by atoms with Gasteiger partial charge in [0.05, 0.1) is 12.1 Å². The monoisotopic (exact) mass is 770 g/mol. The van der Waals surface area contributed by atoms with E-state index < -0.39 is 36.0 Å². The number of esters is 1. The fourth-order valence-corrected chi connectivity index (χ4v) is 7.06. The molecule has 6 rings (SSSR count). The molecular formula is C41H50N6O9. The summed E-state index contributed by atoms with van der Waals surface area (Å²) in [6.45, 7) is 4.91. The third-order valence-electron chi connectivity index (χ3n) is 10.4. The van der Waals surface area contributed by atoms with Gasteiger partial charge >= 0.3 is 12.1 Å². The maximum Gasteiger partial charge on any atom is 0.409 e. The standard InChI is InChI=1S/C41H50N6O9/c1-3-54-41(53)46-21-19-45(20-22-46)40(52)31(16-17-37(49)56-25-28-9-5-4-6-10-28)44-38(50)33-24-35(30-15-14-27(2)23-32(30)43-33)55-26-36(48)47-18-8-13-34(47)39(51)42-29-11-7-12-29/h4-6,9-10,14-15,23-24,29,31,34H,3,7-8,11-13,16-22,25-26H2,1-2H3,(H,42,51)(H,44,50)/t31-,34-/m0/s1. The fourth-order valence-electron chi connectivity index (χ4n) is 7.06. The Bertz CT molecular complexity index is 1910. The normalized spacial score (nSPS) is 17.5. The third-order valence-corrected chi connectivity index (χ3v) is 10.4. The van der Waals surface area contributed by atoms with E-state index in [1.54, 1.807) is 28.9 Å². The van der Waals surface area contributed by atoms with Crippen molar-refractivity contribution in [3.8, 4) is 5.75 Å². The van der Waals surface area contributed by atoms with Gasteiger partial charge in [0, 0.05) is 56.6 Å². The smallest absolute Gasteiger partial charge is 0.409 e. The summed E-state index contributed by atoms with van der Waals surface area (Å²) in [4.78, 5) is 88.6. The number of carbonyl (C=O) groups is 6. The Morgan fingerprint density at radius 2 is 1.62 bits per heavy atom. The van der Waals surface area contributed by atoms with Crippen LogP contribution in [0.25, 0.3) is 10.9 Å². The molecular weight excluding hydrogens is 720 g/mol. The number of ether oxygens (including phenoxy) is 3. The van der Waals surface area contributed by atoms with E-state index in [4.69, 9.17) is 14.2 Å². The molecule has 3 aromatic rings. The Hall–Kier alpha value is -5.73. The number of rotatable bonds is 14. The summed E-state index contributed by atoms with van der Waals surface area (Å²) < 4.78 is 16.6. The Kier molecular flexibility index (Phi) is 13.4. The molecule has 5 amide bonds. The van der Waals surface area contributed by atoms with Gasteiger partial charge in [-0.15, -0.1) is 0 Å². The van der Waals surface area contributed by atoms with Crippen LogP contribution in [0.2, 0.25) is 0 Å². The van der Waals surface area contributed by atoms with Crippen molar-refractivity contribution in [1.82, 2.24) is 30.3 Å². The van der Waals surface area contributed by atoms with E-state index in [9.17, 15) is 28.8 Å². The number of pyridine rings is 1. The van der Waals surface area contributed by atoms with Crippen LogP contribution in [0.3, 0.4) is 0 Å². The summed E-state index contributed by atoms with van der Waals surface area (Å²) in [6, 6.07) is 14.6. The van der Waals surface area contributed by atoms with Gasteiger partial charge in [0.1, 0.15) is 30.1 Å². The number of hydrogen-bond acceptors (Lipinski definition) is 10. The van der Waals surface area contributed by atoms with Crippen molar-refractivity contribution in [1.29, 1.82) is 0 Å². The summed E-state index contributed by atoms with van der Waals surface area (Å²) in [7, 11) is 0. The fraction of sp³-hybridized carbons (Fsp3) is 0.488. The topological polar surface area (TPSA) is 177 Å².